The van der Waals surface area contributed by atoms with Gasteiger partial charge in [0.1, 0.15) is 0 Å². The number of aryl methyl sites for hydroxylation is 1. The largest absolute Gasteiger partial charge is 0.398 e. The van der Waals surface area contributed by atoms with Crippen LogP contribution >= 0.6 is 0 Å². The van der Waals surface area contributed by atoms with E-state index in [1.54, 1.807) is 0 Å². The predicted octanol–water partition coefficient (Wildman–Crippen LogP) is 2.67. The van der Waals surface area contributed by atoms with Crippen LogP contribution in [-0.4, -0.2) is 20.2 Å². The molecule has 1 aromatic carbocycles. The van der Waals surface area contributed by atoms with Crippen molar-refractivity contribution in [2.75, 3.05) is 5.73 Å². The van der Waals surface area contributed by atoms with Gasteiger partial charge in [-0.25, -0.2) is 4.68 Å². The Bertz CT molecular complexity index is 604. The van der Waals surface area contributed by atoms with E-state index in [0.29, 0.717) is 5.92 Å². The Morgan fingerprint density at radius 3 is 2.95 bits per heavy atom. The zero-order valence-corrected chi connectivity index (χ0v) is 12.1. The summed E-state index contributed by atoms with van der Waals surface area (Å²) in [5.74, 6) is 2.29. The second-order valence-corrected chi connectivity index (χ2v) is 6.06. The van der Waals surface area contributed by atoms with Crippen molar-refractivity contribution in [3.63, 3.8) is 0 Å². The van der Waals surface area contributed by atoms with Crippen LogP contribution in [0.3, 0.4) is 0 Å². The highest BCUT2D eigenvalue weighted by Crippen LogP contribution is 2.32. The maximum atomic E-state index is 6.07. The fraction of sp³-hybridized carbons (Fsp3) is 0.533. The minimum Gasteiger partial charge on any atom is -0.398 e. The first-order chi connectivity index (χ1) is 9.63. The van der Waals surface area contributed by atoms with Crippen molar-refractivity contribution >= 4 is 5.69 Å². The van der Waals surface area contributed by atoms with Crippen molar-refractivity contribution in [1.29, 1.82) is 0 Å². The summed E-state index contributed by atoms with van der Waals surface area (Å²) in [6, 6.07) is 5.97. The van der Waals surface area contributed by atoms with Crippen LogP contribution < -0.4 is 5.73 Å². The van der Waals surface area contributed by atoms with Gasteiger partial charge in [0, 0.05) is 17.8 Å². The van der Waals surface area contributed by atoms with Crippen LogP contribution in [-0.2, 0) is 6.54 Å². The number of rotatable bonds is 3. The average molecular weight is 271 g/mol. The van der Waals surface area contributed by atoms with Crippen molar-refractivity contribution in [1.82, 2.24) is 20.2 Å². The van der Waals surface area contributed by atoms with Crippen molar-refractivity contribution in [3.05, 3.63) is 23.8 Å². The van der Waals surface area contributed by atoms with E-state index in [-0.39, 0.29) is 0 Å². The maximum absolute atomic E-state index is 6.07. The molecule has 0 bridgehead atoms. The molecule has 5 heteroatoms. The first-order valence-electron chi connectivity index (χ1n) is 7.26. The number of nitrogen functional groups attached to an aromatic ring is 1. The van der Waals surface area contributed by atoms with Gasteiger partial charge in [0.25, 0.3) is 0 Å². The number of hydrogen-bond acceptors (Lipinski definition) is 4. The fourth-order valence-electron chi connectivity index (χ4n) is 3.12. The molecule has 1 aliphatic carbocycles. The van der Waals surface area contributed by atoms with Gasteiger partial charge in [0.05, 0.1) is 0 Å². The van der Waals surface area contributed by atoms with Gasteiger partial charge in [0.15, 0.2) is 5.82 Å². The molecule has 2 N–H and O–H groups in total. The molecule has 5 nitrogen and oxygen atoms in total. The Morgan fingerprint density at radius 2 is 2.20 bits per heavy atom. The quantitative estimate of drug-likeness (QED) is 0.871. The molecule has 2 unspecified atom stereocenters. The predicted molar refractivity (Wildman–Crippen MR) is 78.9 cm³/mol. The first-order valence-corrected chi connectivity index (χ1v) is 7.26. The highest BCUT2D eigenvalue weighted by atomic mass is 15.5. The van der Waals surface area contributed by atoms with Gasteiger partial charge in [-0.05, 0) is 54.2 Å². The lowest BCUT2D eigenvalue weighted by Gasteiger charge is -2.12. The summed E-state index contributed by atoms with van der Waals surface area (Å²) in [5, 5.41) is 12.2. The molecule has 0 aliphatic heterocycles. The van der Waals surface area contributed by atoms with Crippen molar-refractivity contribution in [2.45, 2.75) is 39.7 Å². The molecule has 106 valence electrons. The van der Waals surface area contributed by atoms with Gasteiger partial charge < -0.3 is 5.73 Å². The van der Waals surface area contributed by atoms with Gasteiger partial charge in [-0.15, -0.1) is 5.10 Å². The third-order valence-corrected chi connectivity index (χ3v) is 4.22. The lowest BCUT2D eigenvalue weighted by Crippen LogP contribution is -2.11. The average Bonchev–Trinajstić information content (AvgIpc) is 3.02. The maximum Gasteiger partial charge on any atom is 0.184 e. The van der Waals surface area contributed by atoms with E-state index in [9.17, 15) is 0 Å². The van der Waals surface area contributed by atoms with Gasteiger partial charge in [-0.2, -0.15) is 0 Å². The Hall–Kier alpha value is -1.91. The van der Waals surface area contributed by atoms with Gasteiger partial charge in [-0.3, -0.25) is 0 Å². The molecule has 2 aromatic rings. The first kappa shape index (κ1) is 13.1. The molecule has 1 heterocycles. The topological polar surface area (TPSA) is 69.6 Å². The van der Waals surface area contributed by atoms with Crippen molar-refractivity contribution in [3.8, 4) is 11.4 Å². The highest BCUT2D eigenvalue weighted by molar-refractivity contribution is 5.71. The third-order valence-electron chi connectivity index (χ3n) is 4.22. The summed E-state index contributed by atoms with van der Waals surface area (Å²) in [6.45, 7) is 5.26. The molecule has 1 saturated carbocycles. The summed E-state index contributed by atoms with van der Waals surface area (Å²) in [7, 11) is 0. The Morgan fingerprint density at radius 1 is 1.35 bits per heavy atom. The molecule has 20 heavy (non-hydrogen) atoms. The molecule has 1 aliphatic rings. The van der Waals surface area contributed by atoms with Crippen LogP contribution in [0.4, 0.5) is 5.69 Å². The van der Waals surface area contributed by atoms with E-state index in [0.717, 1.165) is 29.5 Å². The van der Waals surface area contributed by atoms with Crippen LogP contribution in [0.25, 0.3) is 11.4 Å². The smallest absolute Gasteiger partial charge is 0.184 e. The van der Waals surface area contributed by atoms with E-state index in [1.165, 1.54) is 24.8 Å². The molecule has 3 rings (SSSR count). The van der Waals surface area contributed by atoms with Crippen LogP contribution in [0.5, 0.6) is 0 Å². The standard InChI is InChI=1S/C15H21N5/c1-10-3-5-12(7-10)9-20-15(17-18-19-20)13-8-11(2)4-6-14(13)16/h4,6,8,10,12H,3,5,7,9,16H2,1-2H3. The molecule has 0 radical (unpaired) electrons. The van der Waals surface area contributed by atoms with E-state index >= 15 is 0 Å². The van der Waals surface area contributed by atoms with E-state index in [4.69, 9.17) is 5.73 Å². The molecule has 0 saturated heterocycles. The summed E-state index contributed by atoms with van der Waals surface area (Å²) in [6.07, 6.45) is 3.85. The third kappa shape index (κ3) is 2.53. The van der Waals surface area contributed by atoms with Gasteiger partial charge in [0.2, 0.25) is 0 Å². The summed E-state index contributed by atoms with van der Waals surface area (Å²) in [4.78, 5) is 0. The Kier molecular flexibility index (Phi) is 3.42. The number of hydrogen-bond donors (Lipinski definition) is 1. The number of nitrogens with two attached hydrogens (primary N) is 1. The zero-order chi connectivity index (χ0) is 14.1. The minimum absolute atomic E-state index is 0.679. The van der Waals surface area contributed by atoms with Crippen LogP contribution in [0.1, 0.15) is 31.7 Å². The minimum atomic E-state index is 0.679. The second-order valence-electron chi connectivity index (χ2n) is 6.06. The van der Waals surface area contributed by atoms with Gasteiger partial charge in [-0.1, -0.05) is 25.0 Å². The Balaban J connectivity index is 1.88. The molecule has 2 atom stereocenters. The molecule has 0 spiro atoms. The lowest BCUT2D eigenvalue weighted by atomic mass is 10.1. The normalized spacial score (nSPS) is 22.3. The number of benzene rings is 1. The highest BCUT2D eigenvalue weighted by Gasteiger charge is 2.23. The SMILES string of the molecule is Cc1ccc(N)c(-c2nnnn2CC2CCC(C)C2)c1. The summed E-state index contributed by atoms with van der Waals surface area (Å²) in [5.41, 5.74) is 8.90. The fourth-order valence-corrected chi connectivity index (χ4v) is 3.12. The van der Waals surface area contributed by atoms with E-state index in [2.05, 4.69) is 35.4 Å². The number of tetrazole rings is 1. The van der Waals surface area contributed by atoms with Crippen molar-refractivity contribution in [2.24, 2.45) is 11.8 Å². The monoisotopic (exact) mass is 271 g/mol. The molecule has 1 aromatic heterocycles. The van der Waals surface area contributed by atoms with Crippen LogP contribution in [0.2, 0.25) is 0 Å². The lowest BCUT2D eigenvalue weighted by molar-refractivity contribution is 0.412. The molecular formula is C15H21N5. The second kappa shape index (κ2) is 5.23. The van der Waals surface area contributed by atoms with E-state index < -0.39 is 0 Å². The summed E-state index contributed by atoms with van der Waals surface area (Å²) >= 11 is 0. The Labute approximate surface area is 119 Å². The molecule has 0 amide bonds. The van der Waals surface area contributed by atoms with Crippen LogP contribution in [0, 0.1) is 18.8 Å². The molecular weight excluding hydrogens is 250 g/mol. The number of aromatic nitrogens is 4. The van der Waals surface area contributed by atoms with Crippen molar-refractivity contribution < 1.29 is 0 Å². The van der Waals surface area contributed by atoms with Gasteiger partial charge >= 0.3 is 0 Å². The number of anilines is 1. The number of nitrogens with zero attached hydrogens (tertiary/aromatic N) is 4. The zero-order valence-electron chi connectivity index (χ0n) is 12.1. The molecule has 1 fully saturated rings. The van der Waals surface area contributed by atoms with E-state index in [1.807, 2.05) is 16.8 Å². The summed E-state index contributed by atoms with van der Waals surface area (Å²) < 4.78 is 1.91. The van der Waals surface area contributed by atoms with Crippen LogP contribution in [0.15, 0.2) is 18.2 Å².